The van der Waals surface area contributed by atoms with E-state index in [1.807, 2.05) is 6.07 Å². The lowest BCUT2D eigenvalue weighted by molar-refractivity contribution is 0.876. The Kier molecular flexibility index (Phi) is 4.07. The molecule has 0 aliphatic carbocycles. The predicted molar refractivity (Wildman–Crippen MR) is 82.1 cm³/mol. The molecule has 0 fully saturated rings. The number of nitrogens with one attached hydrogen (secondary N) is 1. The van der Waals surface area contributed by atoms with Crippen LogP contribution in [-0.2, 0) is 0 Å². The molecule has 0 heterocycles. The summed E-state index contributed by atoms with van der Waals surface area (Å²) in [5, 5.41) is 3.58. The lowest BCUT2D eigenvalue weighted by Crippen LogP contribution is -2.08. The normalized spacial score (nSPS) is 12.2. The van der Waals surface area contributed by atoms with E-state index in [2.05, 4.69) is 78.4 Å². The molecule has 1 unspecified atom stereocenters. The van der Waals surface area contributed by atoms with Gasteiger partial charge in [0.15, 0.2) is 0 Å². The molecule has 0 bridgehead atoms. The van der Waals surface area contributed by atoms with Gasteiger partial charge in [0, 0.05) is 16.2 Å². The zero-order chi connectivity index (χ0) is 13.1. The summed E-state index contributed by atoms with van der Waals surface area (Å²) in [5.41, 5.74) is 5.12. The molecule has 2 heteroatoms. The van der Waals surface area contributed by atoms with Gasteiger partial charge in [-0.25, -0.2) is 0 Å². The molecule has 1 nitrogen and oxygen atoms in total. The highest BCUT2D eigenvalue weighted by molar-refractivity contribution is 9.10. The molecule has 1 atom stereocenters. The highest BCUT2D eigenvalue weighted by atomic mass is 79.9. The Morgan fingerprint density at radius 2 is 1.72 bits per heavy atom. The van der Waals surface area contributed by atoms with E-state index in [1.165, 1.54) is 22.4 Å². The number of benzene rings is 2. The second kappa shape index (κ2) is 5.57. The van der Waals surface area contributed by atoms with Crippen molar-refractivity contribution in [3.63, 3.8) is 0 Å². The highest BCUT2D eigenvalue weighted by Crippen LogP contribution is 2.28. The summed E-state index contributed by atoms with van der Waals surface area (Å²) in [4.78, 5) is 0. The number of hydrogen-bond acceptors (Lipinski definition) is 1. The summed E-state index contributed by atoms with van der Waals surface area (Å²) in [5.74, 6) is 0. The molecule has 0 amide bonds. The Balaban J connectivity index is 2.24. The first-order chi connectivity index (χ1) is 8.59. The van der Waals surface area contributed by atoms with E-state index in [-0.39, 0.29) is 6.04 Å². The third kappa shape index (κ3) is 2.75. The lowest BCUT2D eigenvalue weighted by Gasteiger charge is -2.19. The molecule has 0 aliphatic rings. The van der Waals surface area contributed by atoms with Crippen molar-refractivity contribution in [2.24, 2.45) is 0 Å². The standard InChI is InChI=1S/C16H18BrN/c1-11-7-6-10-16(12(11)2)18-13(3)14-8-4-5-9-15(14)17/h4-10,13,18H,1-3H3. The van der Waals surface area contributed by atoms with Crippen LogP contribution in [0.2, 0.25) is 0 Å². The van der Waals surface area contributed by atoms with E-state index in [4.69, 9.17) is 0 Å². The van der Waals surface area contributed by atoms with E-state index in [9.17, 15) is 0 Å². The summed E-state index contributed by atoms with van der Waals surface area (Å²) >= 11 is 3.60. The molecule has 2 aromatic carbocycles. The van der Waals surface area contributed by atoms with Crippen molar-refractivity contribution >= 4 is 21.6 Å². The average Bonchev–Trinajstić information content (AvgIpc) is 2.35. The van der Waals surface area contributed by atoms with Crippen molar-refractivity contribution in [3.8, 4) is 0 Å². The fraction of sp³-hybridized carbons (Fsp3) is 0.250. The van der Waals surface area contributed by atoms with E-state index in [0.29, 0.717) is 0 Å². The van der Waals surface area contributed by atoms with Crippen molar-refractivity contribution in [1.82, 2.24) is 0 Å². The van der Waals surface area contributed by atoms with Crippen LogP contribution in [0.5, 0.6) is 0 Å². The van der Waals surface area contributed by atoms with Gasteiger partial charge < -0.3 is 5.32 Å². The first-order valence-electron chi connectivity index (χ1n) is 6.17. The van der Waals surface area contributed by atoms with Gasteiger partial charge in [-0.05, 0) is 49.6 Å². The summed E-state index contributed by atoms with van der Waals surface area (Å²) < 4.78 is 1.15. The highest BCUT2D eigenvalue weighted by Gasteiger charge is 2.10. The van der Waals surface area contributed by atoms with Gasteiger partial charge in [0.05, 0.1) is 0 Å². The quantitative estimate of drug-likeness (QED) is 0.817. The molecule has 1 N–H and O–H groups in total. The van der Waals surface area contributed by atoms with Crippen LogP contribution in [0, 0.1) is 13.8 Å². The molecule has 18 heavy (non-hydrogen) atoms. The lowest BCUT2D eigenvalue weighted by atomic mass is 10.1. The molecule has 2 rings (SSSR count). The Morgan fingerprint density at radius 3 is 2.44 bits per heavy atom. The van der Waals surface area contributed by atoms with Crippen LogP contribution in [0.1, 0.15) is 29.7 Å². The first kappa shape index (κ1) is 13.2. The molecule has 94 valence electrons. The summed E-state index contributed by atoms with van der Waals surface area (Å²) in [6.07, 6.45) is 0. The Hall–Kier alpha value is -1.28. The zero-order valence-corrected chi connectivity index (χ0v) is 12.6. The smallest absolute Gasteiger partial charge is 0.0496 e. The molecular weight excluding hydrogens is 286 g/mol. The summed E-state index contributed by atoms with van der Waals surface area (Å²) in [7, 11) is 0. The third-order valence-corrected chi connectivity index (χ3v) is 4.07. The van der Waals surface area contributed by atoms with Gasteiger partial charge in [0.1, 0.15) is 0 Å². The number of rotatable bonds is 3. The Morgan fingerprint density at radius 1 is 1.00 bits per heavy atom. The SMILES string of the molecule is Cc1cccc(NC(C)c2ccccc2Br)c1C. The van der Waals surface area contributed by atoms with Gasteiger partial charge in [-0.2, -0.15) is 0 Å². The third-order valence-electron chi connectivity index (χ3n) is 3.35. The maximum absolute atomic E-state index is 3.60. The summed E-state index contributed by atoms with van der Waals surface area (Å²) in [6.45, 7) is 6.48. The van der Waals surface area contributed by atoms with Gasteiger partial charge in [0.25, 0.3) is 0 Å². The monoisotopic (exact) mass is 303 g/mol. The largest absolute Gasteiger partial charge is 0.378 e. The molecule has 0 aromatic heterocycles. The van der Waals surface area contributed by atoms with E-state index >= 15 is 0 Å². The number of halogens is 1. The van der Waals surface area contributed by atoms with E-state index in [1.54, 1.807) is 0 Å². The fourth-order valence-electron chi connectivity index (χ4n) is 2.04. The summed E-state index contributed by atoms with van der Waals surface area (Å²) in [6, 6.07) is 15.0. The average molecular weight is 304 g/mol. The fourth-order valence-corrected chi connectivity index (χ4v) is 2.67. The van der Waals surface area contributed by atoms with E-state index in [0.717, 1.165) is 4.47 Å². The van der Waals surface area contributed by atoms with Crippen LogP contribution >= 0.6 is 15.9 Å². The van der Waals surface area contributed by atoms with E-state index < -0.39 is 0 Å². The van der Waals surface area contributed by atoms with Crippen molar-refractivity contribution in [1.29, 1.82) is 0 Å². The first-order valence-corrected chi connectivity index (χ1v) is 6.96. The van der Waals surface area contributed by atoms with Crippen LogP contribution < -0.4 is 5.32 Å². The van der Waals surface area contributed by atoms with Gasteiger partial charge >= 0.3 is 0 Å². The predicted octanol–water partition coefficient (Wildman–Crippen LogP) is 5.24. The van der Waals surface area contributed by atoms with Crippen LogP contribution in [0.4, 0.5) is 5.69 Å². The molecule has 0 saturated carbocycles. The van der Waals surface area contributed by atoms with Crippen molar-refractivity contribution in [2.45, 2.75) is 26.8 Å². The van der Waals surface area contributed by atoms with Crippen LogP contribution in [-0.4, -0.2) is 0 Å². The topological polar surface area (TPSA) is 12.0 Å². The molecule has 0 spiro atoms. The van der Waals surface area contributed by atoms with Crippen molar-refractivity contribution < 1.29 is 0 Å². The zero-order valence-electron chi connectivity index (χ0n) is 11.0. The van der Waals surface area contributed by atoms with Crippen molar-refractivity contribution in [3.05, 3.63) is 63.6 Å². The Labute approximate surface area is 117 Å². The minimum absolute atomic E-state index is 0.279. The van der Waals surface area contributed by atoms with Crippen LogP contribution in [0.15, 0.2) is 46.9 Å². The van der Waals surface area contributed by atoms with Crippen molar-refractivity contribution in [2.75, 3.05) is 5.32 Å². The molecule has 2 aromatic rings. The second-order valence-electron chi connectivity index (χ2n) is 4.64. The van der Waals surface area contributed by atoms with Gasteiger partial charge in [0.2, 0.25) is 0 Å². The molecule has 0 aliphatic heterocycles. The Bertz CT molecular complexity index is 549. The number of aryl methyl sites for hydroxylation is 1. The maximum atomic E-state index is 3.60. The molecule has 0 radical (unpaired) electrons. The molecule has 0 saturated heterocycles. The van der Waals surface area contributed by atoms with Crippen LogP contribution in [0.25, 0.3) is 0 Å². The molecular formula is C16H18BrN. The van der Waals surface area contributed by atoms with Crippen LogP contribution in [0.3, 0.4) is 0 Å². The second-order valence-corrected chi connectivity index (χ2v) is 5.49. The minimum atomic E-state index is 0.279. The maximum Gasteiger partial charge on any atom is 0.0496 e. The van der Waals surface area contributed by atoms with Gasteiger partial charge in [-0.3, -0.25) is 0 Å². The van der Waals surface area contributed by atoms with Gasteiger partial charge in [-0.15, -0.1) is 0 Å². The number of hydrogen-bond donors (Lipinski definition) is 1. The van der Waals surface area contributed by atoms with Gasteiger partial charge in [-0.1, -0.05) is 46.3 Å². The number of anilines is 1. The minimum Gasteiger partial charge on any atom is -0.378 e.